The van der Waals surface area contributed by atoms with Gasteiger partial charge >= 0.3 is 0 Å². The van der Waals surface area contributed by atoms with E-state index in [0.717, 1.165) is 44.9 Å². The molecule has 1 amide bonds. The van der Waals surface area contributed by atoms with E-state index in [1.54, 1.807) is 6.08 Å². The minimum Gasteiger partial charge on any atom is -0.394 e. The molecule has 2 aliphatic heterocycles. The van der Waals surface area contributed by atoms with Crippen LogP contribution in [0.15, 0.2) is 36.5 Å². The molecule has 2 rings (SSSR count). The molecule has 0 bridgehead atoms. The summed E-state index contributed by atoms with van der Waals surface area (Å²) < 4.78 is 22.8. The average Bonchev–Trinajstić information content (AvgIpc) is 3.41. The SMILES string of the molecule is CCCCCCCCCCC/C=C/CC/C=C/CC/C=C/C(O)C(COC1OC(CO)C(OC2OC(CO)C(O)C(O)C2O)C(O)C1O)NC(=O)CCCCCCCCCCCCCCCCCCCCCCCC. The lowest BCUT2D eigenvalue weighted by Crippen LogP contribution is -2.65. The molecule has 0 aromatic heterocycles. The zero-order valence-corrected chi connectivity index (χ0v) is 47.3. The lowest BCUT2D eigenvalue weighted by atomic mass is 9.97. The smallest absolute Gasteiger partial charge is 0.220 e. The summed E-state index contributed by atoms with van der Waals surface area (Å²) in [4.78, 5) is 13.3. The summed E-state index contributed by atoms with van der Waals surface area (Å²) in [5.74, 6) is -0.249. The van der Waals surface area contributed by atoms with Crippen LogP contribution in [0.3, 0.4) is 0 Å². The highest BCUT2D eigenvalue weighted by Crippen LogP contribution is 2.30. The molecule has 0 radical (unpaired) electrons. The fraction of sp³-hybridized carbons (Fsp3) is 0.885. The molecule has 12 atom stereocenters. The van der Waals surface area contributed by atoms with Gasteiger partial charge in [0.15, 0.2) is 12.6 Å². The van der Waals surface area contributed by atoms with Gasteiger partial charge in [-0.2, -0.15) is 0 Å². The molecule has 0 spiro atoms. The van der Waals surface area contributed by atoms with E-state index in [-0.39, 0.29) is 18.9 Å². The number of aliphatic hydroxyl groups is 8. The number of ether oxygens (including phenoxy) is 4. The van der Waals surface area contributed by atoms with Crippen molar-refractivity contribution in [2.45, 2.75) is 325 Å². The maximum atomic E-state index is 13.3. The predicted molar refractivity (Wildman–Crippen MR) is 300 cm³/mol. The van der Waals surface area contributed by atoms with Gasteiger partial charge in [0, 0.05) is 6.42 Å². The van der Waals surface area contributed by atoms with Gasteiger partial charge in [-0.3, -0.25) is 4.79 Å². The maximum Gasteiger partial charge on any atom is 0.220 e. The van der Waals surface area contributed by atoms with Gasteiger partial charge < -0.3 is 65.1 Å². The van der Waals surface area contributed by atoms with Crippen LogP contribution in [-0.4, -0.2) is 140 Å². The van der Waals surface area contributed by atoms with Crippen molar-refractivity contribution in [1.29, 1.82) is 0 Å². The van der Waals surface area contributed by atoms with Crippen molar-refractivity contribution < 1.29 is 64.6 Å². The Balaban J connectivity index is 1.77. The minimum absolute atomic E-state index is 0.249. The van der Waals surface area contributed by atoms with Gasteiger partial charge in [-0.05, 0) is 44.9 Å². The summed E-state index contributed by atoms with van der Waals surface area (Å²) >= 11 is 0. The quantitative estimate of drug-likeness (QED) is 0.0204. The fourth-order valence-corrected chi connectivity index (χ4v) is 10.1. The number of allylic oxidation sites excluding steroid dienone is 5. The van der Waals surface area contributed by atoms with Crippen molar-refractivity contribution in [3.63, 3.8) is 0 Å². The fourth-order valence-electron chi connectivity index (χ4n) is 10.1. The Bertz CT molecular complexity index is 1400. The van der Waals surface area contributed by atoms with E-state index in [1.807, 2.05) is 6.08 Å². The van der Waals surface area contributed by atoms with E-state index in [1.165, 1.54) is 173 Å². The summed E-state index contributed by atoms with van der Waals surface area (Å²) in [6.45, 7) is 2.80. The molecule has 0 aliphatic carbocycles. The van der Waals surface area contributed by atoms with Gasteiger partial charge in [0.05, 0.1) is 32.0 Å². The van der Waals surface area contributed by atoms with E-state index in [4.69, 9.17) is 18.9 Å². The number of carbonyl (C=O) groups is 1. The first-order chi connectivity index (χ1) is 36.6. The number of hydrogen-bond acceptors (Lipinski definition) is 13. The Morgan fingerprint density at radius 2 is 0.853 bits per heavy atom. The van der Waals surface area contributed by atoms with Crippen LogP contribution in [0, 0.1) is 0 Å². The topological polar surface area (TPSA) is 228 Å². The molecule has 75 heavy (non-hydrogen) atoms. The Labute approximate surface area is 455 Å². The van der Waals surface area contributed by atoms with E-state index in [2.05, 4.69) is 43.5 Å². The molecule has 0 aromatic carbocycles. The van der Waals surface area contributed by atoms with Crippen molar-refractivity contribution in [1.82, 2.24) is 5.32 Å². The lowest BCUT2D eigenvalue weighted by Gasteiger charge is -2.46. The molecular weight excluding hydrogens is 955 g/mol. The van der Waals surface area contributed by atoms with E-state index in [9.17, 15) is 45.6 Å². The van der Waals surface area contributed by atoms with Gasteiger partial charge in [0.2, 0.25) is 5.91 Å². The van der Waals surface area contributed by atoms with E-state index in [0.29, 0.717) is 12.8 Å². The molecule has 0 aromatic rings. The molecule has 12 unspecified atom stereocenters. The molecular formula is C61H113NO13. The number of rotatable bonds is 49. The van der Waals surface area contributed by atoms with Crippen molar-refractivity contribution in [3.05, 3.63) is 36.5 Å². The van der Waals surface area contributed by atoms with Gasteiger partial charge in [-0.15, -0.1) is 0 Å². The van der Waals surface area contributed by atoms with Crippen LogP contribution in [0.2, 0.25) is 0 Å². The number of hydrogen-bond donors (Lipinski definition) is 9. The van der Waals surface area contributed by atoms with Crippen LogP contribution in [0.5, 0.6) is 0 Å². The highest BCUT2D eigenvalue weighted by Gasteiger charge is 2.51. The van der Waals surface area contributed by atoms with E-state index < -0.39 is 86.8 Å². The van der Waals surface area contributed by atoms with Crippen LogP contribution in [-0.2, 0) is 23.7 Å². The second kappa shape index (κ2) is 47.1. The summed E-state index contributed by atoms with van der Waals surface area (Å²) in [5, 5.41) is 87.1. The number of carbonyl (C=O) groups excluding carboxylic acids is 1. The summed E-state index contributed by atoms with van der Waals surface area (Å²) in [7, 11) is 0. The number of amides is 1. The van der Waals surface area contributed by atoms with Gasteiger partial charge in [0.25, 0.3) is 0 Å². The van der Waals surface area contributed by atoms with Crippen molar-refractivity contribution in [2.75, 3.05) is 19.8 Å². The molecule has 2 saturated heterocycles. The standard InChI is InChI=1S/C61H113NO13/c1-3-5-7-9-11-13-15-17-19-21-23-24-25-27-29-31-33-35-37-39-41-43-45-53(66)62-49(50(65)44-42-40-38-36-34-32-30-28-26-22-20-18-16-14-12-10-8-6-4-2)48-72-60-58(71)56(69)59(52(47-64)74-60)75-61-57(70)55(68)54(67)51(46-63)73-61/h26,28,34,36,42,44,49-52,54-61,63-65,67-71H,3-25,27,29-33,35,37-41,43,45-48H2,1-2H3,(H,62,66)/b28-26+,36-34+,44-42+. The summed E-state index contributed by atoms with van der Waals surface area (Å²) in [5.41, 5.74) is 0. The molecule has 9 N–H and O–H groups in total. The minimum atomic E-state index is -1.79. The zero-order valence-electron chi connectivity index (χ0n) is 47.3. The lowest BCUT2D eigenvalue weighted by molar-refractivity contribution is -0.359. The van der Waals surface area contributed by atoms with Crippen LogP contribution < -0.4 is 5.32 Å². The zero-order chi connectivity index (χ0) is 54.6. The number of unbranched alkanes of at least 4 members (excludes halogenated alkanes) is 32. The molecule has 2 heterocycles. The van der Waals surface area contributed by atoms with Crippen molar-refractivity contribution in [3.8, 4) is 0 Å². The van der Waals surface area contributed by atoms with Crippen LogP contribution in [0.4, 0.5) is 0 Å². The number of nitrogens with one attached hydrogen (secondary N) is 1. The molecule has 440 valence electrons. The summed E-state index contributed by atoms with van der Waals surface area (Å²) in [6.07, 6.45) is 40.4. The second-order valence-electron chi connectivity index (χ2n) is 21.8. The Morgan fingerprint density at radius 3 is 1.31 bits per heavy atom. The van der Waals surface area contributed by atoms with E-state index >= 15 is 0 Å². The molecule has 14 nitrogen and oxygen atoms in total. The highest BCUT2D eigenvalue weighted by atomic mass is 16.7. The largest absolute Gasteiger partial charge is 0.394 e. The predicted octanol–water partition coefficient (Wildman–Crippen LogP) is 10.6. The van der Waals surface area contributed by atoms with Crippen molar-refractivity contribution >= 4 is 5.91 Å². The third-order valence-electron chi connectivity index (χ3n) is 15.1. The summed E-state index contributed by atoms with van der Waals surface area (Å²) in [6, 6.07) is -0.935. The van der Waals surface area contributed by atoms with Gasteiger partial charge in [0.1, 0.15) is 48.8 Å². The number of aliphatic hydroxyl groups excluding tert-OH is 8. The molecule has 2 aliphatic rings. The Kier molecular flexibility index (Phi) is 43.5. The highest BCUT2D eigenvalue weighted by molar-refractivity contribution is 5.76. The Hall–Kier alpha value is -1.79. The van der Waals surface area contributed by atoms with Gasteiger partial charge in [-0.25, -0.2) is 0 Å². The first-order valence-corrected chi connectivity index (χ1v) is 30.7. The van der Waals surface area contributed by atoms with Gasteiger partial charge in [-0.1, -0.05) is 237 Å². The average molecular weight is 1070 g/mol. The molecule has 14 heteroatoms. The maximum absolute atomic E-state index is 13.3. The van der Waals surface area contributed by atoms with Crippen LogP contribution >= 0.6 is 0 Å². The molecule has 2 fully saturated rings. The first-order valence-electron chi connectivity index (χ1n) is 30.7. The first kappa shape index (κ1) is 69.3. The van der Waals surface area contributed by atoms with Crippen LogP contribution in [0.25, 0.3) is 0 Å². The third-order valence-corrected chi connectivity index (χ3v) is 15.1. The molecule has 0 saturated carbocycles. The normalized spacial score (nSPS) is 25.3. The monoisotopic (exact) mass is 1070 g/mol. The van der Waals surface area contributed by atoms with Crippen LogP contribution in [0.1, 0.15) is 251 Å². The third kappa shape index (κ3) is 32.8. The second-order valence-corrected chi connectivity index (χ2v) is 21.8. The Morgan fingerprint density at radius 1 is 0.467 bits per heavy atom. The van der Waals surface area contributed by atoms with Crippen molar-refractivity contribution in [2.24, 2.45) is 0 Å².